The van der Waals surface area contributed by atoms with E-state index in [1.165, 1.54) is 0 Å². The molecule has 0 fully saturated rings. The number of ether oxygens (including phenoxy) is 3. The van der Waals surface area contributed by atoms with E-state index in [0.29, 0.717) is 32.1 Å². The lowest BCUT2D eigenvalue weighted by Crippen LogP contribution is -2.36. The van der Waals surface area contributed by atoms with Gasteiger partial charge < -0.3 is 23.5 Å². The number of rotatable bonds is 10. The van der Waals surface area contributed by atoms with Crippen LogP contribution in [0.15, 0.2) is 47.3 Å². The van der Waals surface area contributed by atoms with Crippen LogP contribution in [0.4, 0.5) is 0 Å². The molecule has 0 atom stereocenters. The van der Waals surface area contributed by atoms with Crippen molar-refractivity contribution in [1.82, 2.24) is 4.90 Å². The molecule has 0 radical (unpaired) electrons. The van der Waals surface area contributed by atoms with Crippen LogP contribution in [-0.4, -0.2) is 44.3 Å². The monoisotopic (exact) mass is 333 g/mol. The quantitative estimate of drug-likeness (QED) is 0.669. The highest BCUT2D eigenvalue weighted by Crippen LogP contribution is 2.17. The maximum Gasteiger partial charge on any atom is 0.260 e. The van der Waals surface area contributed by atoms with Crippen LogP contribution in [0.3, 0.4) is 0 Å². The van der Waals surface area contributed by atoms with Crippen molar-refractivity contribution >= 4 is 5.91 Å². The van der Waals surface area contributed by atoms with E-state index in [-0.39, 0.29) is 12.5 Å². The molecule has 0 aliphatic carbocycles. The zero-order valence-corrected chi connectivity index (χ0v) is 14.1. The van der Waals surface area contributed by atoms with Crippen LogP contribution in [0, 0.1) is 0 Å². The second-order valence-corrected chi connectivity index (χ2v) is 5.13. The largest absolute Gasteiger partial charge is 0.494 e. The number of benzene rings is 1. The normalized spacial score (nSPS) is 10.4. The van der Waals surface area contributed by atoms with E-state index < -0.39 is 0 Å². The number of furan rings is 1. The van der Waals surface area contributed by atoms with Crippen molar-refractivity contribution in [3.8, 4) is 11.5 Å². The Hall–Kier alpha value is -2.47. The zero-order chi connectivity index (χ0) is 17.2. The highest BCUT2D eigenvalue weighted by molar-refractivity contribution is 5.77. The van der Waals surface area contributed by atoms with Crippen LogP contribution >= 0.6 is 0 Å². The summed E-state index contributed by atoms with van der Waals surface area (Å²) >= 11 is 0. The van der Waals surface area contributed by atoms with Gasteiger partial charge >= 0.3 is 0 Å². The Balaban J connectivity index is 1.88. The minimum Gasteiger partial charge on any atom is -0.494 e. The molecule has 1 aromatic heterocycles. The molecule has 0 aliphatic rings. The molecule has 0 spiro atoms. The maximum atomic E-state index is 12.4. The van der Waals surface area contributed by atoms with Crippen LogP contribution in [0.2, 0.25) is 0 Å². The Bertz CT molecular complexity index is 594. The molecule has 6 nitrogen and oxygen atoms in total. The Morgan fingerprint density at radius 2 is 1.83 bits per heavy atom. The summed E-state index contributed by atoms with van der Waals surface area (Å²) in [6, 6.07) is 9.04. The summed E-state index contributed by atoms with van der Waals surface area (Å²) in [5.74, 6) is 1.29. The first-order valence-corrected chi connectivity index (χ1v) is 7.86. The van der Waals surface area contributed by atoms with Gasteiger partial charge in [-0.05, 0) is 37.3 Å². The molecular formula is C18H23NO5. The molecule has 6 heteroatoms. The van der Waals surface area contributed by atoms with Crippen LogP contribution in [0.5, 0.6) is 11.5 Å². The second-order valence-electron chi connectivity index (χ2n) is 5.13. The molecule has 24 heavy (non-hydrogen) atoms. The lowest BCUT2D eigenvalue weighted by atomic mass is 10.3. The molecule has 0 bridgehead atoms. The SMILES string of the molecule is CCOc1ccc(OCC(=O)N(CCOC)Cc2ccoc2)cc1. The van der Waals surface area contributed by atoms with E-state index in [1.54, 1.807) is 36.7 Å². The Morgan fingerprint density at radius 3 is 2.42 bits per heavy atom. The topological polar surface area (TPSA) is 61.1 Å². The molecule has 0 N–H and O–H groups in total. The zero-order valence-electron chi connectivity index (χ0n) is 14.1. The van der Waals surface area contributed by atoms with Gasteiger partial charge in [-0.1, -0.05) is 0 Å². The number of amides is 1. The average molecular weight is 333 g/mol. The van der Waals surface area contributed by atoms with Crippen molar-refractivity contribution in [2.45, 2.75) is 13.5 Å². The predicted octanol–water partition coefficient (Wildman–Crippen LogP) is 2.73. The van der Waals surface area contributed by atoms with Gasteiger partial charge in [-0.25, -0.2) is 0 Å². The highest BCUT2D eigenvalue weighted by Gasteiger charge is 2.15. The van der Waals surface area contributed by atoms with Gasteiger partial charge in [0.2, 0.25) is 0 Å². The summed E-state index contributed by atoms with van der Waals surface area (Å²) in [4.78, 5) is 14.1. The third kappa shape index (κ3) is 5.62. The summed E-state index contributed by atoms with van der Waals surface area (Å²) in [7, 11) is 1.61. The van der Waals surface area contributed by atoms with Crippen LogP contribution in [-0.2, 0) is 16.1 Å². The molecule has 1 aromatic carbocycles. The molecule has 130 valence electrons. The fourth-order valence-electron chi connectivity index (χ4n) is 2.13. The second kappa shape index (κ2) is 9.62. The third-order valence-electron chi connectivity index (χ3n) is 3.37. The minimum absolute atomic E-state index is 0.0322. The standard InChI is InChI=1S/C18H23NO5/c1-3-23-16-4-6-17(7-5-16)24-14-18(20)19(9-11-21-2)12-15-8-10-22-13-15/h4-8,10,13H,3,9,11-12,14H2,1-2H3. The number of hydrogen-bond acceptors (Lipinski definition) is 5. The lowest BCUT2D eigenvalue weighted by molar-refractivity contribution is -0.134. The van der Waals surface area contributed by atoms with E-state index in [0.717, 1.165) is 11.3 Å². The number of hydrogen-bond donors (Lipinski definition) is 0. The van der Waals surface area contributed by atoms with Crippen LogP contribution < -0.4 is 9.47 Å². The van der Waals surface area contributed by atoms with Crippen LogP contribution in [0.1, 0.15) is 12.5 Å². The summed E-state index contributed by atoms with van der Waals surface area (Å²) in [5, 5.41) is 0. The average Bonchev–Trinajstić information content (AvgIpc) is 3.11. The first kappa shape index (κ1) is 17.9. The number of methoxy groups -OCH3 is 1. The van der Waals surface area contributed by atoms with Crippen molar-refractivity contribution in [1.29, 1.82) is 0 Å². The van der Waals surface area contributed by atoms with E-state index in [4.69, 9.17) is 18.6 Å². The van der Waals surface area contributed by atoms with Crippen molar-refractivity contribution in [3.05, 3.63) is 48.4 Å². The van der Waals surface area contributed by atoms with Gasteiger partial charge in [0.15, 0.2) is 6.61 Å². The van der Waals surface area contributed by atoms with Gasteiger partial charge in [-0.15, -0.1) is 0 Å². The molecule has 2 rings (SSSR count). The number of carbonyl (C=O) groups excluding carboxylic acids is 1. The molecule has 1 heterocycles. The fraction of sp³-hybridized carbons (Fsp3) is 0.389. The maximum absolute atomic E-state index is 12.4. The Kier molecular flexibility index (Phi) is 7.17. The van der Waals surface area contributed by atoms with Gasteiger partial charge in [0.25, 0.3) is 5.91 Å². The lowest BCUT2D eigenvalue weighted by Gasteiger charge is -2.22. The van der Waals surface area contributed by atoms with E-state index in [2.05, 4.69) is 0 Å². The fourth-order valence-corrected chi connectivity index (χ4v) is 2.13. The highest BCUT2D eigenvalue weighted by atomic mass is 16.5. The van der Waals surface area contributed by atoms with E-state index in [1.807, 2.05) is 25.1 Å². The molecule has 0 unspecified atom stereocenters. The van der Waals surface area contributed by atoms with Gasteiger partial charge in [0.1, 0.15) is 11.5 Å². The van der Waals surface area contributed by atoms with Gasteiger partial charge in [-0.3, -0.25) is 4.79 Å². The van der Waals surface area contributed by atoms with Gasteiger partial charge in [-0.2, -0.15) is 0 Å². The van der Waals surface area contributed by atoms with E-state index >= 15 is 0 Å². The minimum atomic E-state index is -0.109. The van der Waals surface area contributed by atoms with Gasteiger partial charge in [0.05, 0.1) is 25.7 Å². The molecule has 1 amide bonds. The Labute approximate surface area is 141 Å². The van der Waals surface area contributed by atoms with Gasteiger partial charge in [0, 0.05) is 25.8 Å². The van der Waals surface area contributed by atoms with Crippen molar-refractivity contribution in [3.63, 3.8) is 0 Å². The van der Waals surface area contributed by atoms with Crippen molar-refractivity contribution in [2.24, 2.45) is 0 Å². The molecule has 2 aromatic rings. The summed E-state index contributed by atoms with van der Waals surface area (Å²) in [6.45, 7) is 3.93. The predicted molar refractivity (Wildman–Crippen MR) is 89.1 cm³/mol. The third-order valence-corrected chi connectivity index (χ3v) is 3.37. The Morgan fingerprint density at radius 1 is 1.12 bits per heavy atom. The van der Waals surface area contributed by atoms with Crippen molar-refractivity contribution in [2.75, 3.05) is 33.5 Å². The summed E-state index contributed by atoms with van der Waals surface area (Å²) < 4.78 is 21.1. The van der Waals surface area contributed by atoms with E-state index in [9.17, 15) is 4.79 Å². The number of carbonyl (C=O) groups is 1. The molecular weight excluding hydrogens is 310 g/mol. The van der Waals surface area contributed by atoms with Crippen LogP contribution in [0.25, 0.3) is 0 Å². The first-order chi connectivity index (χ1) is 11.7. The summed E-state index contributed by atoms with van der Waals surface area (Å²) in [5.41, 5.74) is 0.931. The first-order valence-electron chi connectivity index (χ1n) is 7.86. The summed E-state index contributed by atoms with van der Waals surface area (Å²) in [6.07, 6.45) is 3.21. The number of nitrogens with zero attached hydrogens (tertiary/aromatic N) is 1. The smallest absolute Gasteiger partial charge is 0.260 e. The molecule has 0 aliphatic heterocycles. The molecule has 0 saturated carbocycles. The molecule has 0 saturated heterocycles. The van der Waals surface area contributed by atoms with Crippen molar-refractivity contribution < 1.29 is 23.4 Å².